The Morgan fingerprint density at radius 2 is 1.90 bits per heavy atom. The maximum atomic E-state index is 13.8. The van der Waals surface area contributed by atoms with Gasteiger partial charge in [-0.3, -0.25) is 0 Å². The van der Waals surface area contributed by atoms with Crippen molar-refractivity contribution >= 4 is 21.6 Å². The maximum Gasteiger partial charge on any atom is 0.243 e. The summed E-state index contributed by atoms with van der Waals surface area (Å²) in [4.78, 5) is -0.0783. The highest BCUT2D eigenvalue weighted by molar-refractivity contribution is 7.89. The van der Waals surface area contributed by atoms with Crippen LogP contribution in [0.1, 0.15) is 38.7 Å². The van der Waals surface area contributed by atoms with E-state index in [0.29, 0.717) is 5.56 Å². The second-order valence-corrected chi connectivity index (χ2v) is 7.77. The van der Waals surface area contributed by atoms with Crippen molar-refractivity contribution in [3.8, 4) is 0 Å². The van der Waals surface area contributed by atoms with Gasteiger partial charge < -0.3 is 5.73 Å². The molecule has 0 spiro atoms. The zero-order chi connectivity index (χ0) is 15.8. The summed E-state index contributed by atoms with van der Waals surface area (Å²) in [7, 11) is -3.75. The molecule has 1 aromatic rings. The molecular weight excluding hydrogens is 315 g/mol. The maximum absolute atomic E-state index is 13.8. The van der Waals surface area contributed by atoms with Gasteiger partial charge in [0.05, 0.1) is 9.92 Å². The topological polar surface area (TPSA) is 63.4 Å². The van der Waals surface area contributed by atoms with Gasteiger partial charge in [-0.2, -0.15) is 4.31 Å². The van der Waals surface area contributed by atoms with Crippen molar-refractivity contribution < 1.29 is 12.8 Å². The summed E-state index contributed by atoms with van der Waals surface area (Å²) in [6.07, 6.45) is 2.62. The minimum atomic E-state index is -3.75. The summed E-state index contributed by atoms with van der Waals surface area (Å²) in [5, 5.41) is -0.115. The zero-order valence-electron chi connectivity index (χ0n) is 12.1. The first-order valence-electron chi connectivity index (χ1n) is 7.00. The van der Waals surface area contributed by atoms with Gasteiger partial charge in [0.1, 0.15) is 5.82 Å². The molecule has 2 rings (SSSR count). The first-order chi connectivity index (χ1) is 9.78. The van der Waals surface area contributed by atoms with E-state index < -0.39 is 15.8 Å². The summed E-state index contributed by atoms with van der Waals surface area (Å²) in [5.74, 6) is -0.754. The van der Waals surface area contributed by atoms with E-state index in [4.69, 9.17) is 17.3 Å². The van der Waals surface area contributed by atoms with Crippen LogP contribution in [0.15, 0.2) is 17.0 Å². The first-order valence-corrected chi connectivity index (χ1v) is 8.82. The van der Waals surface area contributed by atoms with Crippen molar-refractivity contribution in [3.63, 3.8) is 0 Å². The third kappa shape index (κ3) is 3.08. The van der Waals surface area contributed by atoms with Crippen molar-refractivity contribution in [2.75, 3.05) is 0 Å². The Balaban J connectivity index is 2.51. The average molecular weight is 335 g/mol. The molecule has 0 amide bonds. The van der Waals surface area contributed by atoms with Gasteiger partial charge in [-0.1, -0.05) is 18.0 Å². The van der Waals surface area contributed by atoms with Crippen LogP contribution in [0, 0.1) is 5.82 Å². The highest BCUT2D eigenvalue weighted by Crippen LogP contribution is 2.32. The quantitative estimate of drug-likeness (QED) is 0.924. The van der Waals surface area contributed by atoms with E-state index in [2.05, 4.69) is 0 Å². The van der Waals surface area contributed by atoms with Gasteiger partial charge in [-0.25, -0.2) is 12.8 Å². The normalized spacial score (nSPS) is 24.2. The predicted octanol–water partition coefficient (Wildman–Crippen LogP) is 2.89. The zero-order valence-corrected chi connectivity index (χ0v) is 13.7. The number of benzene rings is 1. The van der Waals surface area contributed by atoms with Gasteiger partial charge in [0, 0.05) is 18.6 Å². The van der Waals surface area contributed by atoms with Gasteiger partial charge in [0.15, 0.2) is 0 Å². The van der Waals surface area contributed by atoms with Gasteiger partial charge in [-0.05, 0) is 44.4 Å². The van der Waals surface area contributed by atoms with Crippen molar-refractivity contribution in [1.29, 1.82) is 0 Å². The minimum Gasteiger partial charge on any atom is -0.326 e. The van der Waals surface area contributed by atoms with Crippen LogP contribution in [0.4, 0.5) is 4.39 Å². The van der Waals surface area contributed by atoms with Gasteiger partial charge in [0.2, 0.25) is 10.0 Å². The second-order valence-electron chi connectivity index (χ2n) is 5.55. The van der Waals surface area contributed by atoms with E-state index in [-0.39, 0.29) is 28.5 Å². The third-order valence-electron chi connectivity index (χ3n) is 3.99. The fourth-order valence-electron chi connectivity index (χ4n) is 2.91. The number of halogens is 2. The molecule has 7 heteroatoms. The van der Waals surface area contributed by atoms with Crippen LogP contribution >= 0.6 is 11.6 Å². The molecule has 21 heavy (non-hydrogen) atoms. The Bertz CT molecular complexity index is 626. The number of hydrogen-bond donors (Lipinski definition) is 1. The van der Waals surface area contributed by atoms with Gasteiger partial charge in [0.25, 0.3) is 0 Å². The standard InChI is InChI=1S/C14H20ClFN2O2S/c1-9-4-3-5-10(2)18(9)21(19,20)12-6-11(8-17)14(15)13(16)7-12/h6-7,9-10H,3-5,8,17H2,1-2H3/t9-,10+. The SMILES string of the molecule is C[C@@H]1CCC[C@H](C)N1S(=O)(=O)c1cc(F)c(Cl)c(CN)c1. The molecule has 2 atom stereocenters. The van der Waals surface area contributed by atoms with Crippen LogP contribution in [0.3, 0.4) is 0 Å². The lowest BCUT2D eigenvalue weighted by Crippen LogP contribution is -2.47. The van der Waals surface area contributed by atoms with Crippen LogP contribution in [0.25, 0.3) is 0 Å². The van der Waals surface area contributed by atoms with Crippen molar-refractivity contribution in [2.45, 2.75) is 56.6 Å². The van der Waals surface area contributed by atoms with E-state index in [0.717, 1.165) is 25.3 Å². The Kier molecular flexibility index (Phi) is 4.92. The molecule has 0 unspecified atom stereocenters. The molecule has 1 aromatic carbocycles. The molecule has 2 N–H and O–H groups in total. The lowest BCUT2D eigenvalue weighted by molar-refractivity contribution is 0.204. The van der Waals surface area contributed by atoms with Crippen LogP contribution in [0.5, 0.6) is 0 Å². The average Bonchev–Trinajstić information content (AvgIpc) is 2.41. The largest absolute Gasteiger partial charge is 0.326 e. The molecule has 118 valence electrons. The number of piperidine rings is 1. The molecule has 1 heterocycles. The van der Waals surface area contributed by atoms with Gasteiger partial charge in [-0.15, -0.1) is 0 Å². The monoisotopic (exact) mass is 334 g/mol. The van der Waals surface area contributed by atoms with E-state index >= 15 is 0 Å². The van der Waals surface area contributed by atoms with E-state index in [9.17, 15) is 12.8 Å². The van der Waals surface area contributed by atoms with Crippen LogP contribution in [-0.2, 0) is 16.6 Å². The summed E-state index contributed by atoms with van der Waals surface area (Å²) in [6, 6.07) is 2.15. The molecule has 0 aliphatic carbocycles. The smallest absolute Gasteiger partial charge is 0.243 e. The summed E-state index contributed by atoms with van der Waals surface area (Å²) < 4.78 is 40.9. The molecule has 4 nitrogen and oxygen atoms in total. The Morgan fingerprint density at radius 3 is 2.43 bits per heavy atom. The predicted molar refractivity (Wildman–Crippen MR) is 81.1 cm³/mol. The lowest BCUT2D eigenvalue weighted by atomic mass is 10.0. The number of sulfonamides is 1. The van der Waals surface area contributed by atoms with E-state index in [1.165, 1.54) is 10.4 Å². The first kappa shape index (κ1) is 16.7. The van der Waals surface area contributed by atoms with Crippen LogP contribution < -0.4 is 5.73 Å². The summed E-state index contributed by atoms with van der Waals surface area (Å²) in [6.45, 7) is 3.75. The molecule has 1 aliphatic heterocycles. The van der Waals surface area contributed by atoms with E-state index in [1.54, 1.807) is 0 Å². The molecule has 0 aromatic heterocycles. The molecule has 1 aliphatic rings. The van der Waals surface area contributed by atoms with Crippen LogP contribution in [0.2, 0.25) is 5.02 Å². The summed E-state index contributed by atoms with van der Waals surface area (Å²) >= 11 is 5.80. The third-order valence-corrected chi connectivity index (χ3v) is 6.51. The second kappa shape index (κ2) is 6.20. The van der Waals surface area contributed by atoms with E-state index in [1.807, 2.05) is 13.8 Å². The molecular formula is C14H20ClFN2O2S. The summed E-state index contributed by atoms with van der Waals surface area (Å²) in [5.41, 5.74) is 5.80. The Labute approximate surface area is 130 Å². The molecule has 1 saturated heterocycles. The fraction of sp³-hybridized carbons (Fsp3) is 0.571. The molecule has 0 radical (unpaired) electrons. The highest BCUT2D eigenvalue weighted by Gasteiger charge is 2.36. The minimum absolute atomic E-state index is 0.00970. The van der Waals surface area contributed by atoms with Crippen molar-refractivity contribution in [3.05, 3.63) is 28.5 Å². The van der Waals surface area contributed by atoms with Crippen molar-refractivity contribution in [1.82, 2.24) is 4.31 Å². The Morgan fingerprint density at radius 1 is 1.33 bits per heavy atom. The molecule has 1 fully saturated rings. The van der Waals surface area contributed by atoms with Crippen molar-refractivity contribution in [2.24, 2.45) is 5.73 Å². The molecule has 0 saturated carbocycles. The number of nitrogens with zero attached hydrogens (tertiary/aromatic N) is 1. The van der Waals surface area contributed by atoms with Gasteiger partial charge >= 0.3 is 0 Å². The number of hydrogen-bond acceptors (Lipinski definition) is 3. The molecule has 0 bridgehead atoms. The Hall–Kier alpha value is -0.690. The number of nitrogens with two attached hydrogens (primary N) is 1. The van der Waals surface area contributed by atoms with Crippen LogP contribution in [-0.4, -0.2) is 24.8 Å². The fourth-order valence-corrected chi connectivity index (χ4v) is 5.04. The lowest BCUT2D eigenvalue weighted by Gasteiger charge is -2.37. The number of rotatable bonds is 3. The highest BCUT2D eigenvalue weighted by atomic mass is 35.5.